The second-order valence-electron chi connectivity index (χ2n) is 5.17. The summed E-state index contributed by atoms with van der Waals surface area (Å²) in [6.45, 7) is 2.65. The Labute approximate surface area is 113 Å². The zero-order chi connectivity index (χ0) is 13.6. The fraction of sp³-hybridized carbons (Fsp3) is 0.846. The van der Waals surface area contributed by atoms with Crippen LogP contribution in [0, 0.1) is 5.41 Å². The van der Waals surface area contributed by atoms with Gasteiger partial charge in [-0.3, -0.25) is 9.59 Å². The number of thioether (sulfide) groups is 1. The highest BCUT2D eigenvalue weighted by Crippen LogP contribution is 2.39. The largest absolute Gasteiger partial charge is 0.481 e. The molecule has 1 unspecified atom stereocenters. The van der Waals surface area contributed by atoms with Crippen LogP contribution >= 0.6 is 11.8 Å². The zero-order valence-corrected chi connectivity index (χ0v) is 12.0. The Morgan fingerprint density at radius 2 is 1.94 bits per heavy atom. The molecule has 1 aliphatic carbocycles. The van der Waals surface area contributed by atoms with Gasteiger partial charge in [-0.25, -0.2) is 0 Å². The molecule has 0 bridgehead atoms. The summed E-state index contributed by atoms with van der Waals surface area (Å²) in [4.78, 5) is 23.3. The first-order chi connectivity index (χ1) is 8.50. The highest BCUT2D eigenvalue weighted by Gasteiger charge is 2.41. The molecule has 104 valence electrons. The SMILES string of the molecule is CSC(C)CNC(=O)CC1(C(=O)O)CCCCC1. The van der Waals surface area contributed by atoms with Crippen LogP contribution in [0.25, 0.3) is 0 Å². The number of rotatable bonds is 6. The van der Waals surface area contributed by atoms with E-state index in [0.29, 0.717) is 24.6 Å². The van der Waals surface area contributed by atoms with Gasteiger partial charge in [-0.05, 0) is 19.1 Å². The Kier molecular flexibility index (Phi) is 5.99. The smallest absolute Gasteiger partial charge is 0.310 e. The lowest BCUT2D eigenvalue weighted by Crippen LogP contribution is -2.40. The van der Waals surface area contributed by atoms with Gasteiger partial charge >= 0.3 is 5.97 Å². The molecular weight excluding hydrogens is 250 g/mol. The molecule has 5 heteroatoms. The van der Waals surface area contributed by atoms with Crippen molar-refractivity contribution in [3.63, 3.8) is 0 Å². The third-order valence-corrected chi connectivity index (χ3v) is 4.72. The second-order valence-corrected chi connectivity index (χ2v) is 6.45. The standard InChI is InChI=1S/C13H23NO3S/c1-10(18-2)9-14-11(15)8-13(12(16)17)6-4-3-5-7-13/h10H,3-9H2,1-2H3,(H,14,15)(H,16,17). The van der Waals surface area contributed by atoms with Crippen molar-refractivity contribution >= 4 is 23.6 Å². The van der Waals surface area contributed by atoms with Crippen molar-refractivity contribution in [3.8, 4) is 0 Å². The van der Waals surface area contributed by atoms with Crippen molar-refractivity contribution in [1.82, 2.24) is 5.32 Å². The maximum atomic E-state index is 11.9. The maximum absolute atomic E-state index is 11.9. The third kappa shape index (κ3) is 4.19. The molecule has 1 amide bonds. The second kappa shape index (κ2) is 7.02. The normalized spacial score (nSPS) is 20.1. The molecule has 0 spiro atoms. The van der Waals surface area contributed by atoms with Gasteiger partial charge < -0.3 is 10.4 Å². The molecule has 1 fully saturated rings. The van der Waals surface area contributed by atoms with Crippen LogP contribution in [0.1, 0.15) is 45.4 Å². The summed E-state index contributed by atoms with van der Waals surface area (Å²) in [5, 5.41) is 12.6. The minimum atomic E-state index is -0.815. The lowest BCUT2D eigenvalue weighted by Gasteiger charge is -2.32. The fourth-order valence-corrected chi connectivity index (χ4v) is 2.66. The van der Waals surface area contributed by atoms with Crippen LogP contribution in [0.2, 0.25) is 0 Å². The first kappa shape index (κ1) is 15.3. The number of nitrogens with one attached hydrogen (secondary N) is 1. The molecule has 0 aromatic heterocycles. The molecule has 2 N–H and O–H groups in total. The third-order valence-electron chi connectivity index (χ3n) is 3.75. The number of hydrogen-bond acceptors (Lipinski definition) is 3. The first-order valence-electron chi connectivity index (χ1n) is 6.53. The summed E-state index contributed by atoms with van der Waals surface area (Å²) >= 11 is 1.69. The van der Waals surface area contributed by atoms with E-state index in [1.54, 1.807) is 11.8 Å². The molecular formula is C13H23NO3S. The molecule has 1 rings (SSSR count). The highest BCUT2D eigenvalue weighted by atomic mass is 32.2. The quantitative estimate of drug-likeness (QED) is 0.779. The van der Waals surface area contributed by atoms with Crippen LogP contribution in [0.15, 0.2) is 0 Å². The van der Waals surface area contributed by atoms with Crippen molar-refractivity contribution < 1.29 is 14.7 Å². The number of carboxylic acids is 1. The summed E-state index contributed by atoms with van der Waals surface area (Å²) in [7, 11) is 0. The molecule has 0 saturated heterocycles. The van der Waals surface area contributed by atoms with Crippen molar-refractivity contribution in [1.29, 1.82) is 0 Å². The lowest BCUT2D eigenvalue weighted by molar-refractivity contribution is -0.154. The van der Waals surface area contributed by atoms with E-state index in [1.165, 1.54) is 0 Å². The number of carbonyl (C=O) groups excluding carboxylic acids is 1. The van der Waals surface area contributed by atoms with E-state index in [-0.39, 0.29) is 12.3 Å². The van der Waals surface area contributed by atoms with E-state index in [1.807, 2.05) is 13.2 Å². The number of hydrogen-bond donors (Lipinski definition) is 2. The summed E-state index contributed by atoms with van der Waals surface area (Å²) in [5.74, 6) is -0.935. The van der Waals surface area contributed by atoms with E-state index in [0.717, 1.165) is 19.3 Å². The van der Waals surface area contributed by atoms with Gasteiger partial charge in [-0.2, -0.15) is 11.8 Å². The minimum Gasteiger partial charge on any atom is -0.481 e. The summed E-state index contributed by atoms with van der Waals surface area (Å²) in [6.07, 6.45) is 6.31. The molecule has 0 aliphatic heterocycles. The van der Waals surface area contributed by atoms with E-state index >= 15 is 0 Å². The minimum absolute atomic E-state index is 0.125. The fourth-order valence-electron chi connectivity index (χ4n) is 2.41. The molecule has 1 saturated carbocycles. The van der Waals surface area contributed by atoms with Crippen LogP contribution in [0.3, 0.4) is 0 Å². The summed E-state index contributed by atoms with van der Waals surface area (Å²) < 4.78 is 0. The molecule has 4 nitrogen and oxygen atoms in total. The Morgan fingerprint density at radius 1 is 1.33 bits per heavy atom. The number of amides is 1. The Morgan fingerprint density at radius 3 is 2.44 bits per heavy atom. The topological polar surface area (TPSA) is 66.4 Å². The van der Waals surface area contributed by atoms with Gasteiger partial charge in [-0.1, -0.05) is 26.2 Å². The van der Waals surface area contributed by atoms with Gasteiger partial charge in [-0.15, -0.1) is 0 Å². The van der Waals surface area contributed by atoms with Gasteiger partial charge in [0.15, 0.2) is 0 Å². The molecule has 1 aliphatic rings. The monoisotopic (exact) mass is 273 g/mol. The van der Waals surface area contributed by atoms with E-state index in [2.05, 4.69) is 5.32 Å². The Hall–Kier alpha value is -0.710. The molecule has 0 aromatic carbocycles. The van der Waals surface area contributed by atoms with Gasteiger partial charge in [0.05, 0.1) is 5.41 Å². The molecule has 0 aromatic rings. The Balaban J connectivity index is 2.50. The maximum Gasteiger partial charge on any atom is 0.310 e. The van der Waals surface area contributed by atoms with Gasteiger partial charge in [0.1, 0.15) is 0 Å². The molecule has 0 heterocycles. The van der Waals surface area contributed by atoms with E-state index in [4.69, 9.17) is 0 Å². The van der Waals surface area contributed by atoms with Crippen LogP contribution < -0.4 is 5.32 Å². The van der Waals surface area contributed by atoms with Gasteiger partial charge in [0, 0.05) is 18.2 Å². The van der Waals surface area contributed by atoms with Crippen LogP contribution in [0.4, 0.5) is 0 Å². The van der Waals surface area contributed by atoms with Crippen molar-refractivity contribution in [2.45, 2.75) is 50.7 Å². The van der Waals surface area contributed by atoms with Crippen molar-refractivity contribution in [2.24, 2.45) is 5.41 Å². The average Bonchev–Trinajstić information content (AvgIpc) is 2.36. The number of carboxylic acid groups (broad SMARTS) is 1. The summed E-state index contributed by atoms with van der Waals surface area (Å²) in [6, 6.07) is 0. The first-order valence-corrected chi connectivity index (χ1v) is 7.82. The van der Waals surface area contributed by atoms with E-state index in [9.17, 15) is 14.7 Å². The van der Waals surface area contributed by atoms with Crippen LogP contribution in [-0.4, -0.2) is 35.0 Å². The van der Waals surface area contributed by atoms with Crippen molar-refractivity contribution in [2.75, 3.05) is 12.8 Å². The lowest BCUT2D eigenvalue weighted by atomic mass is 9.71. The molecule has 18 heavy (non-hydrogen) atoms. The number of carbonyl (C=O) groups is 2. The average molecular weight is 273 g/mol. The van der Waals surface area contributed by atoms with Crippen LogP contribution in [-0.2, 0) is 9.59 Å². The highest BCUT2D eigenvalue weighted by molar-refractivity contribution is 7.99. The summed E-state index contributed by atoms with van der Waals surface area (Å²) in [5.41, 5.74) is -0.815. The van der Waals surface area contributed by atoms with Gasteiger partial charge in [0.25, 0.3) is 0 Å². The van der Waals surface area contributed by atoms with Crippen molar-refractivity contribution in [3.05, 3.63) is 0 Å². The zero-order valence-electron chi connectivity index (χ0n) is 11.2. The van der Waals surface area contributed by atoms with E-state index < -0.39 is 11.4 Å². The Bertz CT molecular complexity index is 301. The molecule has 0 radical (unpaired) electrons. The van der Waals surface area contributed by atoms with Gasteiger partial charge in [0.2, 0.25) is 5.91 Å². The predicted molar refractivity (Wildman–Crippen MR) is 73.8 cm³/mol. The molecule has 1 atom stereocenters. The predicted octanol–water partition coefficient (Wildman–Crippen LogP) is 2.28. The number of aliphatic carboxylic acids is 1. The van der Waals surface area contributed by atoms with Crippen LogP contribution in [0.5, 0.6) is 0 Å².